The fourth-order valence-corrected chi connectivity index (χ4v) is 3.99. The van der Waals surface area contributed by atoms with E-state index in [1.165, 1.54) is 5.56 Å². The average molecular weight is 428 g/mol. The summed E-state index contributed by atoms with van der Waals surface area (Å²) in [5.41, 5.74) is 1.95. The lowest BCUT2D eigenvalue weighted by Crippen LogP contribution is -2.24. The highest BCUT2D eigenvalue weighted by atomic mass is 16.5. The third kappa shape index (κ3) is 6.37. The second-order valence-electron chi connectivity index (χ2n) is 8.02. The second kappa shape index (κ2) is 12.0. The number of pyridine rings is 1. The van der Waals surface area contributed by atoms with Gasteiger partial charge < -0.3 is 9.47 Å². The SMILES string of the molecule is C#CC(CCCC)(CCCc1cccc(Oc2ccccc2)n1)c1ccc(OCC)cc1. The Kier molecular flexibility index (Phi) is 8.75. The molecule has 0 N–H and O–H groups in total. The van der Waals surface area contributed by atoms with E-state index in [1.54, 1.807) is 0 Å². The van der Waals surface area contributed by atoms with E-state index in [-0.39, 0.29) is 5.41 Å². The van der Waals surface area contributed by atoms with Crippen LogP contribution >= 0.6 is 0 Å². The van der Waals surface area contributed by atoms with E-state index < -0.39 is 0 Å². The van der Waals surface area contributed by atoms with Crippen LogP contribution in [-0.2, 0) is 11.8 Å². The quantitative estimate of drug-likeness (QED) is 0.283. The Hall–Kier alpha value is -3.25. The van der Waals surface area contributed by atoms with Crippen molar-refractivity contribution in [1.29, 1.82) is 0 Å². The standard InChI is InChI=1S/C29H33NO2/c1-4-7-22-29(5-2,24-18-20-26(21-19-24)31-6-3)23-12-14-25-13-11-17-28(30-25)32-27-15-9-8-10-16-27/h2,8-11,13,15-21H,4,6-7,12,14,22-23H2,1,3H3. The van der Waals surface area contributed by atoms with Crippen LogP contribution in [0.25, 0.3) is 0 Å². The Morgan fingerprint density at radius 1 is 0.844 bits per heavy atom. The summed E-state index contributed by atoms with van der Waals surface area (Å²) in [4.78, 5) is 4.69. The number of aromatic nitrogens is 1. The van der Waals surface area contributed by atoms with Crippen molar-refractivity contribution in [2.45, 2.75) is 57.8 Å². The van der Waals surface area contributed by atoms with Crippen molar-refractivity contribution < 1.29 is 9.47 Å². The number of hydrogen-bond donors (Lipinski definition) is 0. The molecule has 1 aromatic heterocycles. The summed E-state index contributed by atoms with van der Waals surface area (Å²) in [6.45, 7) is 4.87. The van der Waals surface area contributed by atoms with Crippen molar-refractivity contribution in [3.63, 3.8) is 0 Å². The van der Waals surface area contributed by atoms with Gasteiger partial charge in [-0.15, -0.1) is 6.42 Å². The number of ether oxygens (including phenoxy) is 2. The van der Waals surface area contributed by atoms with Crippen molar-refractivity contribution in [3.05, 3.63) is 84.1 Å². The smallest absolute Gasteiger partial charge is 0.219 e. The Morgan fingerprint density at radius 3 is 2.28 bits per heavy atom. The highest BCUT2D eigenvalue weighted by Gasteiger charge is 2.29. The Morgan fingerprint density at radius 2 is 1.59 bits per heavy atom. The summed E-state index contributed by atoms with van der Waals surface area (Å²) < 4.78 is 11.5. The van der Waals surface area contributed by atoms with Crippen LogP contribution in [0.1, 0.15) is 57.2 Å². The summed E-state index contributed by atoms with van der Waals surface area (Å²) in [6.07, 6.45) is 12.1. The van der Waals surface area contributed by atoms with E-state index in [0.717, 1.165) is 55.7 Å². The minimum absolute atomic E-state index is 0.265. The molecule has 0 spiro atoms. The first-order chi connectivity index (χ1) is 15.7. The Labute approximate surface area is 192 Å². The molecule has 1 heterocycles. The van der Waals surface area contributed by atoms with Crippen LogP contribution in [0.5, 0.6) is 17.4 Å². The van der Waals surface area contributed by atoms with Crippen LogP contribution in [0.2, 0.25) is 0 Å². The largest absolute Gasteiger partial charge is 0.494 e. The summed E-state index contributed by atoms with van der Waals surface area (Å²) in [7, 11) is 0. The first kappa shape index (κ1) is 23.4. The van der Waals surface area contributed by atoms with Crippen molar-refractivity contribution in [3.8, 4) is 29.7 Å². The zero-order valence-corrected chi connectivity index (χ0v) is 19.2. The van der Waals surface area contributed by atoms with Crippen LogP contribution in [0, 0.1) is 12.3 Å². The Balaban J connectivity index is 1.68. The number of rotatable bonds is 12. The molecule has 0 aliphatic heterocycles. The number of para-hydroxylation sites is 1. The molecule has 166 valence electrons. The molecule has 0 radical (unpaired) electrons. The van der Waals surface area contributed by atoms with E-state index >= 15 is 0 Å². The predicted octanol–water partition coefficient (Wildman–Crippen LogP) is 7.36. The minimum atomic E-state index is -0.265. The van der Waals surface area contributed by atoms with Crippen LogP contribution in [0.4, 0.5) is 0 Å². The normalized spacial score (nSPS) is 12.5. The number of terminal acetylenes is 1. The maximum absolute atomic E-state index is 6.15. The van der Waals surface area contributed by atoms with Gasteiger partial charge in [-0.25, -0.2) is 4.98 Å². The van der Waals surface area contributed by atoms with Gasteiger partial charge in [0.2, 0.25) is 5.88 Å². The molecule has 0 aliphatic carbocycles. The van der Waals surface area contributed by atoms with Gasteiger partial charge in [0.15, 0.2) is 0 Å². The number of unbranched alkanes of at least 4 members (excludes halogenated alkanes) is 1. The summed E-state index contributed by atoms with van der Waals surface area (Å²) in [5.74, 6) is 5.46. The van der Waals surface area contributed by atoms with Gasteiger partial charge in [0, 0.05) is 11.8 Å². The maximum atomic E-state index is 6.15. The predicted molar refractivity (Wildman–Crippen MR) is 131 cm³/mol. The number of nitrogens with zero attached hydrogens (tertiary/aromatic N) is 1. The van der Waals surface area contributed by atoms with Crippen molar-refractivity contribution >= 4 is 0 Å². The van der Waals surface area contributed by atoms with Crippen LogP contribution in [0.3, 0.4) is 0 Å². The van der Waals surface area contributed by atoms with Crippen molar-refractivity contribution in [2.24, 2.45) is 0 Å². The molecule has 3 rings (SSSR count). The zero-order valence-electron chi connectivity index (χ0n) is 19.2. The zero-order chi connectivity index (χ0) is 22.7. The first-order valence-electron chi connectivity index (χ1n) is 11.6. The first-order valence-corrected chi connectivity index (χ1v) is 11.6. The van der Waals surface area contributed by atoms with E-state index in [4.69, 9.17) is 15.9 Å². The number of aryl methyl sites for hydroxylation is 1. The molecule has 0 aliphatic rings. The van der Waals surface area contributed by atoms with Gasteiger partial charge in [-0.3, -0.25) is 0 Å². The van der Waals surface area contributed by atoms with Crippen molar-refractivity contribution in [2.75, 3.05) is 6.61 Å². The van der Waals surface area contributed by atoms with E-state index in [9.17, 15) is 0 Å². The molecule has 0 saturated carbocycles. The molecule has 32 heavy (non-hydrogen) atoms. The molecular weight excluding hydrogens is 394 g/mol. The molecule has 0 amide bonds. The molecule has 2 aromatic carbocycles. The lowest BCUT2D eigenvalue weighted by molar-refractivity contribution is 0.339. The molecule has 0 fully saturated rings. The van der Waals surface area contributed by atoms with Gasteiger partial charge in [-0.1, -0.05) is 62.1 Å². The second-order valence-corrected chi connectivity index (χ2v) is 8.02. The molecule has 3 heteroatoms. The monoisotopic (exact) mass is 427 g/mol. The lowest BCUT2D eigenvalue weighted by atomic mass is 9.73. The topological polar surface area (TPSA) is 31.4 Å². The van der Waals surface area contributed by atoms with Gasteiger partial charge >= 0.3 is 0 Å². The third-order valence-electron chi connectivity index (χ3n) is 5.73. The molecule has 0 saturated heterocycles. The van der Waals surface area contributed by atoms with Crippen LogP contribution in [0.15, 0.2) is 72.8 Å². The van der Waals surface area contributed by atoms with Crippen LogP contribution in [-0.4, -0.2) is 11.6 Å². The third-order valence-corrected chi connectivity index (χ3v) is 5.73. The van der Waals surface area contributed by atoms with Gasteiger partial charge in [-0.2, -0.15) is 0 Å². The average Bonchev–Trinajstić information content (AvgIpc) is 2.83. The van der Waals surface area contributed by atoms with Crippen LogP contribution < -0.4 is 9.47 Å². The summed E-state index contributed by atoms with van der Waals surface area (Å²) in [5, 5.41) is 0. The van der Waals surface area contributed by atoms with Crippen molar-refractivity contribution in [1.82, 2.24) is 4.98 Å². The molecule has 0 bridgehead atoms. The lowest BCUT2D eigenvalue weighted by Gasteiger charge is -2.29. The van der Waals surface area contributed by atoms with E-state index in [2.05, 4.69) is 36.0 Å². The maximum Gasteiger partial charge on any atom is 0.219 e. The van der Waals surface area contributed by atoms with Gasteiger partial charge in [-0.05, 0) is 68.5 Å². The molecule has 1 atom stereocenters. The van der Waals surface area contributed by atoms with Gasteiger partial charge in [0.1, 0.15) is 11.5 Å². The van der Waals surface area contributed by atoms with E-state index in [0.29, 0.717) is 12.5 Å². The highest BCUT2D eigenvalue weighted by molar-refractivity contribution is 5.38. The molecular formula is C29H33NO2. The fourth-order valence-electron chi connectivity index (χ4n) is 3.99. The highest BCUT2D eigenvalue weighted by Crippen LogP contribution is 2.36. The molecule has 3 aromatic rings. The summed E-state index contributed by atoms with van der Waals surface area (Å²) in [6, 6.07) is 24.0. The van der Waals surface area contributed by atoms with E-state index in [1.807, 2.05) is 61.5 Å². The molecule has 1 unspecified atom stereocenters. The molecule has 3 nitrogen and oxygen atoms in total. The van der Waals surface area contributed by atoms with Gasteiger partial charge in [0.25, 0.3) is 0 Å². The van der Waals surface area contributed by atoms with Gasteiger partial charge in [0.05, 0.1) is 12.0 Å². The number of benzene rings is 2. The Bertz CT molecular complexity index is 992. The fraction of sp³-hybridized carbons (Fsp3) is 0.345. The number of hydrogen-bond acceptors (Lipinski definition) is 3. The summed E-state index contributed by atoms with van der Waals surface area (Å²) >= 11 is 0. The minimum Gasteiger partial charge on any atom is -0.494 e.